The molecule has 0 aliphatic carbocycles. The smallest absolute Gasteiger partial charge is 0.310 e. The van der Waals surface area contributed by atoms with E-state index in [0.717, 1.165) is 18.4 Å². The van der Waals surface area contributed by atoms with E-state index >= 15 is 0 Å². The molecular formula is C13H20N2O3. The molecule has 0 aromatic heterocycles. The number of nitro groups is 1. The second-order valence-corrected chi connectivity index (χ2v) is 4.59. The molecule has 0 fully saturated rings. The van der Waals surface area contributed by atoms with Crippen LogP contribution in [0.5, 0.6) is 5.75 Å². The van der Waals surface area contributed by atoms with Crippen LogP contribution < -0.4 is 10.5 Å². The first-order valence-corrected chi connectivity index (χ1v) is 6.08. The minimum atomic E-state index is -0.440. The third kappa shape index (κ3) is 3.43. The minimum absolute atomic E-state index is 0.0184. The molecule has 0 spiro atoms. The first-order valence-electron chi connectivity index (χ1n) is 6.08. The third-order valence-electron chi connectivity index (χ3n) is 3.24. The van der Waals surface area contributed by atoms with Crippen LogP contribution in [0.3, 0.4) is 0 Å². The average Bonchev–Trinajstić information content (AvgIpc) is 2.35. The zero-order valence-corrected chi connectivity index (χ0v) is 11.1. The van der Waals surface area contributed by atoms with Crippen molar-refractivity contribution in [3.05, 3.63) is 33.9 Å². The van der Waals surface area contributed by atoms with Crippen molar-refractivity contribution < 1.29 is 9.66 Å². The minimum Gasteiger partial charge on any atom is -0.485 e. The molecule has 1 aromatic rings. The highest BCUT2D eigenvalue weighted by molar-refractivity contribution is 5.48. The lowest BCUT2D eigenvalue weighted by Crippen LogP contribution is -2.44. The molecular weight excluding hydrogens is 232 g/mol. The highest BCUT2D eigenvalue weighted by atomic mass is 16.6. The van der Waals surface area contributed by atoms with Gasteiger partial charge in [0.2, 0.25) is 0 Å². The summed E-state index contributed by atoms with van der Waals surface area (Å²) in [5, 5.41) is 10.9. The van der Waals surface area contributed by atoms with Gasteiger partial charge in [-0.1, -0.05) is 19.9 Å². The molecule has 2 N–H and O–H groups in total. The Balaban J connectivity index is 2.90. The normalized spacial score (nSPS) is 11.3. The number of nitrogens with two attached hydrogens (primary N) is 1. The number of nitrogens with zero attached hydrogens (tertiary/aromatic N) is 1. The first kappa shape index (κ1) is 14.4. The van der Waals surface area contributed by atoms with Crippen molar-refractivity contribution in [3.63, 3.8) is 0 Å². The van der Waals surface area contributed by atoms with Crippen LogP contribution in [0.2, 0.25) is 0 Å². The average molecular weight is 252 g/mol. The molecule has 0 saturated heterocycles. The van der Waals surface area contributed by atoms with Crippen molar-refractivity contribution in [2.24, 2.45) is 5.73 Å². The van der Waals surface area contributed by atoms with Gasteiger partial charge in [-0.3, -0.25) is 10.1 Å². The van der Waals surface area contributed by atoms with E-state index in [-0.39, 0.29) is 18.0 Å². The van der Waals surface area contributed by atoms with E-state index < -0.39 is 10.5 Å². The topological polar surface area (TPSA) is 78.4 Å². The van der Waals surface area contributed by atoms with Crippen molar-refractivity contribution in [1.82, 2.24) is 0 Å². The molecule has 100 valence electrons. The largest absolute Gasteiger partial charge is 0.485 e. The standard InChI is InChI=1S/C13H20N2O3/c1-4-13(14,5-2)9-18-12-8-10(3)6-7-11(12)15(16)17/h6-8H,4-5,9,14H2,1-3H3. The fourth-order valence-electron chi connectivity index (χ4n) is 1.56. The van der Waals surface area contributed by atoms with Crippen LogP contribution >= 0.6 is 0 Å². The van der Waals surface area contributed by atoms with Gasteiger partial charge in [-0.2, -0.15) is 0 Å². The van der Waals surface area contributed by atoms with Crippen molar-refractivity contribution in [3.8, 4) is 5.75 Å². The second-order valence-electron chi connectivity index (χ2n) is 4.59. The third-order valence-corrected chi connectivity index (χ3v) is 3.24. The van der Waals surface area contributed by atoms with E-state index in [4.69, 9.17) is 10.5 Å². The first-order chi connectivity index (χ1) is 8.41. The number of rotatable bonds is 6. The number of hydrogen-bond acceptors (Lipinski definition) is 4. The SMILES string of the molecule is CCC(N)(CC)COc1cc(C)ccc1[N+](=O)[O-]. The molecule has 5 nitrogen and oxygen atoms in total. The van der Waals surface area contributed by atoms with Gasteiger partial charge in [-0.15, -0.1) is 0 Å². The maximum atomic E-state index is 10.9. The summed E-state index contributed by atoms with van der Waals surface area (Å²) in [5.74, 6) is 0.289. The molecule has 5 heteroatoms. The number of hydrogen-bond donors (Lipinski definition) is 1. The maximum Gasteiger partial charge on any atom is 0.310 e. The number of nitro benzene ring substituents is 1. The molecule has 0 radical (unpaired) electrons. The molecule has 18 heavy (non-hydrogen) atoms. The highest BCUT2D eigenvalue weighted by Crippen LogP contribution is 2.28. The molecule has 1 aromatic carbocycles. The summed E-state index contributed by atoms with van der Waals surface area (Å²) in [7, 11) is 0. The van der Waals surface area contributed by atoms with E-state index in [1.165, 1.54) is 6.07 Å². The van der Waals surface area contributed by atoms with Crippen LogP contribution in [-0.4, -0.2) is 17.1 Å². The Morgan fingerprint density at radius 2 is 2.00 bits per heavy atom. The Morgan fingerprint density at radius 3 is 2.50 bits per heavy atom. The number of ether oxygens (including phenoxy) is 1. The van der Waals surface area contributed by atoms with Gasteiger partial charge in [0.05, 0.1) is 4.92 Å². The predicted octanol–water partition coefficient (Wildman–Crippen LogP) is 2.80. The molecule has 1 rings (SSSR count). The van der Waals surface area contributed by atoms with Gasteiger partial charge in [0.15, 0.2) is 5.75 Å². The van der Waals surface area contributed by atoms with Crippen LogP contribution in [0.1, 0.15) is 32.3 Å². The van der Waals surface area contributed by atoms with E-state index in [0.29, 0.717) is 0 Å². The Labute approximate surface area is 107 Å². The van der Waals surface area contributed by atoms with Gasteiger partial charge in [0, 0.05) is 11.6 Å². The monoisotopic (exact) mass is 252 g/mol. The second kappa shape index (κ2) is 5.82. The van der Waals surface area contributed by atoms with E-state index in [1.807, 2.05) is 20.8 Å². The van der Waals surface area contributed by atoms with Crippen molar-refractivity contribution in [2.45, 2.75) is 39.2 Å². The van der Waals surface area contributed by atoms with Gasteiger partial charge < -0.3 is 10.5 Å². The van der Waals surface area contributed by atoms with E-state index in [1.54, 1.807) is 12.1 Å². The van der Waals surface area contributed by atoms with Crippen molar-refractivity contribution in [2.75, 3.05) is 6.61 Å². The lowest BCUT2D eigenvalue weighted by Gasteiger charge is -2.26. The highest BCUT2D eigenvalue weighted by Gasteiger charge is 2.23. The maximum absolute atomic E-state index is 10.9. The van der Waals surface area contributed by atoms with Crippen LogP contribution in [0.25, 0.3) is 0 Å². The molecule has 0 saturated carbocycles. The summed E-state index contributed by atoms with van der Waals surface area (Å²) in [6.45, 7) is 6.12. The van der Waals surface area contributed by atoms with Crippen LogP contribution in [-0.2, 0) is 0 Å². The Bertz CT molecular complexity index is 428. The zero-order valence-electron chi connectivity index (χ0n) is 11.1. The van der Waals surface area contributed by atoms with Crippen LogP contribution in [0, 0.1) is 17.0 Å². The fraction of sp³-hybridized carbons (Fsp3) is 0.538. The summed E-state index contributed by atoms with van der Waals surface area (Å²) in [5.41, 5.74) is 6.58. The van der Waals surface area contributed by atoms with Gasteiger partial charge in [0.1, 0.15) is 6.61 Å². The zero-order chi connectivity index (χ0) is 13.8. The number of aryl methyl sites for hydroxylation is 1. The van der Waals surface area contributed by atoms with Gasteiger partial charge >= 0.3 is 5.69 Å². The lowest BCUT2D eigenvalue weighted by atomic mass is 9.96. The summed E-state index contributed by atoms with van der Waals surface area (Å²) >= 11 is 0. The molecule has 0 unspecified atom stereocenters. The van der Waals surface area contributed by atoms with E-state index in [9.17, 15) is 10.1 Å². The molecule has 0 aliphatic rings. The molecule has 0 heterocycles. The summed E-state index contributed by atoms with van der Waals surface area (Å²) in [6.07, 6.45) is 1.53. The van der Waals surface area contributed by atoms with Gasteiger partial charge in [-0.05, 0) is 31.4 Å². The Kier molecular flexibility index (Phi) is 4.67. The van der Waals surface area contributed by atoms with Gasteiger partial charge in [0.25, 0.3) is 0 Å². The van der Waals surface area contributed by atoms with Crippen molar-refractivity contribution in [1.29, 1.82) is 0 Å². The van der Waals surface area contributed by atoms with E-state index in [2.05, 4.69) is 0 Å². The Morgan fingerprint density at radius 1 is 1.39 bits per heavy atom. The number of benzene rings is 1. The Hall–Kier alpha value is -1.62. The van der Waals surface area contributed by atoms with Gasteiger partial charge in [-0.25, -0.2) is 0 Å². The lowest BCUT2D eigenvalue weighted by molar-refractivity contribution is -0.385. The van der Waals surface area contributed by atoms with Crippen LogP contribution in [0.15, 0.2) is 18.2 Å². The summed E-state index contributed by atoms with van der Waals surface area (Å²) in [6, 6.07) is 4.82. The van der Waals surface area contributed by atoms with Crippen molar-refractivity contribution >= 4 is 5.69 Å². The van der Waals surface area contributed by atoms with Crippen LogP contribution in [0.4, 0.5) is 5.69 Å². The quantitative estimate of drug-likeness (QED) is 0.623. The molecule has 0 aliphatic heterocycles. The molecule has 0 bridgehead atoms. The molecule has 0 amide bonds. The summed E-state index contributed by atoms with van der Waals surface area (Å²) in [4.78, 5) is 10.5. The predicted molar refractivity (Wildman–Crippen MR) is 70.8 cm³/mol. The molecule has 0 atom stereocenters. The fourth-order valence-corrected chi connectivity index (χ4v) is 1.56. The summed E-state index contributed by atoms with van der Waals surface area (Å²) < 4.78 is 5.56.